The van der Waals surface area contributed by atoms with Crippen molar-refractivity contribution in [3.63, 3.8) is 0 Å². The number of nitrogens with one attached hydrogen (secondary N) is 2. The number of nitrogens with zero attached hydrogens (tertiary/aromatic N) is 1. The first kappa shape index (κ1) is 24.0. The number of rotatable bonds is 8. The van der Waals surface area contributed by atoms with E-state index in [1.807, 2.05) is 55.5 Å². The number of carbonyl (C=O) groups is 3. The van der Waals surface area contributed by atoms with Crippen LogP contribution in [0.4, 0.5) is 5.69 Å². The van der Waals surface area contributed by atoms with Gasteiger partial charge < -0.3 is 20.3 Å². The second-order valence-electron chi connectivity index (χ2n) is 8.76. The molecule has 2 N–H and O–H groups in total. The van der Waals surface area contributed by atoms with E-state index in [0.717, 1.165) is 16.9 Å². The van der Waals surface area contributed by atoms with Gasteiger partial charge in [-0.25, -0.2) is 0 Å². The van der Waals surface area contributed by atoms with Crippen LogP contribution in [-0.4, -0.2) is 36.3 Å². The molecule has 1 saturated heterocycles. The first-order valence-electron chi connectivity index (χ1n) is 11.6. The van der Waals surface area contributed by atoms with Crippen molar-refractivity contribution in [2.24, 2.45) is 5.92 Å². The van der Waals surface area contributed by atoms with Gasteiger partial charge in [-0.1, -0.05) is 42.0 Å². The van der Waals surface area contributed by atoms with Crippen molar-refractivity contribution in [2.75, 3.05) is 19.0 Å². The molecule has 0 saturated carbocycles. The summed E-state index contributed by atoms with van der Waals surface area (Å²) in [5.41, 5.74) is 4.23. The zero-order valence-electron chi connectivity index (χ0n) is 19.9. The first-order valence-corrected chi connectivity index (χ1v) is 11.6. The highest BCUT2D eigenvalue weighted by Crippen LogP contribution is 2.22. The van der Waals surface area contributed by atoms with E-state index in [4.69, 9.17) is 4.74 Å². The Bertz CT molecular complexity index is 1210. The second kappa shape index (κ2) is 10.9. The lowest BCUT2D eigenvalue weighted by Crippen LogP contribution is -2.28. The predicted molar refractivity (Wildman–Crippen MR) is 134 cm³/mol. The second-order valence-corrected chi connectivity index (χ2v) is 8.76. The van der Waals surface area contributed by atoms with Crippen molar-refractivity contribution >= 4 is 23.4 Å². The molecule has 1 unspecified atom stereocenters. The van der Waals surface area contributed by atoms with Crippen LogP contribution in [0.3, 0.4) is 0 Å². The molecular weight excluding hydrogens is 442 g/mol. The zero-order chi connectivity index (χ0) is 24.8. The van der Waals surface area contributed by atoms with Crippen molar-refractivity contribution in [1.82, 2.24) is 10.2 Å². The van der Waals surface area contributed by atoms with Gasteiger partial charge in [0.05, 0.1) is 13.0 Å². The minimum Gasteiger partial charge on any atom is -0.497 e. The highest BCUT2D eigenvalue weighted by atomic mass is 16.5. The lowest BCUT2D eigenvalue weighted by Gasteiger charge is -2.17. The quantitative estimate of drug-likeness (QED) is 0.521. The first-order chi connectivity index (χ1) is 16.9. The molecule has 3 aromatic rings. The van der Waals surface area contributed by atoms with Gasteiger partial charge in [0.25, 0.3) is 5.91 Å². The molecule has 1 aliphatic rings. The van der Waals surface area contributed by atoms with Gasteiger partial charge >= 0.3 is 0 Å². The molecule has 0 aliphatic carbocycles. The number of methoxy groups -OCH3 is 1. The summed E-state index contributed by atoms with van der Waals surface area (Å²) in [6.07, 6.45) is 0.197. The number of anilines is 1. The van der Waals surface area contributed by atoms with E-state index in [1.165, 1.54) is 5.56 Å². The molecule has 3 aromatic carbocycles. The van der Waals surface area contributed by atoms with E-state index in [-0.39, 0.29) is 24.1 Å². The molecule has 0 radical (unpaired) electrons. The van der Waals surface area contributed by atoms with Gasteiger partial charge in [0.2, 0.25) is 11.8 Å². The molecule has 7 heteroatoms. The molecule has 0 aromatic heterocycles. The van der Waals surface area contributed by atoms with Crippen LogP contribution in [0, 0.1) is 12.8 Å². The number of hydrogen-bond acceptors (Lipinski definition) is 4. The average Bonchev–Trinajstić information content (AvgIpc) is 3.24. The highest BCUT2D eigenvalue weighted by molar-refractivity contribution is 5.98. The minimum absolute atomic E-state index is 0.0196. The third kappa shape index (κ3) is 6.26. The van der Waals surface area contributed by atoms with Crippen LogP contribution in [0.1, 0.15) is 33.5 Å². The molecule has 4 rings (SSSR count). The number of likely N-dealkylation sites (tertiary alicyclic amines) is 1. The van der Waals surface area contributed by atoms with Crippen LogP contribution in [0.25, 0.3) is 0 Å². The van der Waals surface area contributed by atoms with E-state index < -0.39 is 5.92 Å². The fourth-order valence-electron chi connectivity index (χ4n) is 4.03. The fourth-order valence-corrected chi connectivity index (χ4v) is 4.03. The lowest BCUT2D eigenvalue weighted by molar-refractivity contribution is -0.128. The maximum absolute atomic E-state index is 12.8. The Labute approximate surface area is 205 Å². The summed E-state index contributed by atoms with van der Waals surface area (Å²) in [7, 11) is 1.60. The maximum atomic E-state index is 12.8. The summed E-state index contributed by atoms with van der Waals surface area (Å²) < 4.78 is 5.20. The Hall–Kier alpha value is -4.13. The number of ether oxygens (including phenoxy) is 1. The van der Waals surface area contributed by atoms with E-state index in [9.17, 15) is 14.4 Å². The Morgan fingerprint density at radius 1 is 1.00 bits per heavy atom. The van der Waals surface area contributed by atoms with Gasteiger partial charge in [-0.15, -0.1) is 0 Å². The monoisotopic (exact) mass is 471 g/mol. The van der Waals surface area contributed by atoms with E-state index in [0.29, 0.717) is 30.9 Å². The Morgan fingerprint density at radius 3 is 2.46 bits per heavy atom. The van der Waals surface area contributed by atoms with Gasteiger partial charge in [-0.05, 0) is 54.4 Å². The van der Waals surface area contributed by atoms with E-state index in [2.05, 4.69) is 10.6 Å². The third-order valence-corrected chi connectivity index (χ3v) is 6.08. The van der Waals surface area contributed by atoms with Gasteiger partial charge in [-0.3, -0.25) is 14.4 Å². The molecular formula is C28H29N3O4. The smallest absolute Gasteiger partial charge is 0.251 e. The summed E-state index contributed by atoms with van der Waals surface area (Å²) >= 11 is 0. The summed E-state index contributed by atoms with van der Waals surface area (Å²) in [6, 6.07) is 22.3. The standard InChI is InChI=1S/C28H29N3O4/c1-19-6-8-20(9-7-19)17-31-18-23(15-26(31)32)28(34)30-24-12-10-22(11-13-24)27(33)29-16-21-4-3-5-25(14-21)35-2/h3-14,23H,15-18H2,1-2H3,(H,29,33)(H,30,34). The molecule has 180 valence electrons. The van der Waals surface area contributed by atoms with Crippen molar-refractivity contribution in [1.29, 1.82) is 0 Å². The van der Waals surface area contributed by atoms with Crippen LogP contribution in [0.2, 0.25) is 0 Å². The van der Waals surface area contributed by atoms with Crippen molar-refractivity contribution in [3.8, 4) is 5.75 Å². The molecule has 0 spiro atoms. The molecule has 1 aliphatic heterocycles. The fraction of sp³-hybridized carbons (Fsp3) is 0.250. The van der Waals surface area contributed by atoms with Gasteiger partial charge in [0.15, 0.2) is 0 Å². The third-order valence-electron chi connectivity index (χ3n) is 6.08. The average molecular weight is 472 g/mol. The number of hydrogen-bond donors (Lipinski definition) is 2. The van der Waals surface area contributed by atoms with Gasteiger partial charge in [-0.2, -0.15) is 0 Å². The van der Waals surface area contributed by atoms with Crippen LogP contribution in [-0.2, 0) is 22.7 Å². The predicted octanol–water partition coefficient (Wildman–Crippen LogP) is 3.92. The molecule has 0 bridgehead atoms. The SMILES string of the molecule is COc1cccc(CNC(=O)c2ccc(NC(=O)C3CC(=O)N(Cc4ccc(C)cc4)C3)cc2)c1. The van der Waals surface area contributed by atoms with Crippen LogP contribution in [0.5, 0.6) is 5.75 Å². The van der Waals surface area contributed by atoms with Gasteiger partial charge in [0, 0.05) is 37.3 Å². The largest absolute Gasteiger partial charge is 0.497 e. The van der Waals surface area contributed by atoms with Gasteiger partial charge in [0.1, 0.15) is 5.75 Å². The van der Waals surface area contributed by atoms with Crippen molar-refractivity contribution in [2.45, 2.75) is 26.4 Å². The normalized spacial score (nSPS) is 15.1. The minimum atomic E-state index is -0.404. The number of amides is 3. The molecule has 7 nitrogen and oxygen atoms in total. The van der Waals surface area contributed by atoms with Crippen LogP contribution in [0.15, 0.2) is 72.8 Å². The van der Waals surface area contributed by atoms with E-state index in [1.54, 1.807) is 36.3 Å². The molecule has 1 heterocycles. The Morgan fingerprint density at radius 2 is 1.74 bits per heavy atom. The summed E-state index contributed by atoms with van der Waals surface area (Å²) in [6.45, 7) is 3.29. The van der Waals surface area contributed by atoms with E-state index >= 15 is 0 Å². The highest BCUT2D eigenvalue weighted by Gasteiger charge is 2.34. The maximum Gasteiger partial charge on any atom is 0.251 e. The summed E-state index contributed by atoms with van der Waals surface area (Å²) in [5.74, 6) is -0.0922. The summed E-state index contributed by atoms with van der Waals surface area (Å²) in [5, 5.41) is 5.75. The van der Waals surface area contributed by atoms with Crippen molar-refractivity contribution in [3.05, 3.63) is 95.1 Å². The number of benzene rings is 3. The topological polar surface area (TPSA) is 87.7 Å². The van der Waals surface area contributed by atoms with Crippen LogP contribution < -0.4 is 15.4 Å². The number of aryl methyl sites for hydroxylation is 1. The number of carbonyl (C=O) groups excluding carboxylic acids is 3. The Kier molecular flexibility index (Phi) is 7.45. The summed E-state index contributed by atoms with van der Waals surface area (Å²) in [4.78, 5) is 39.4. The van der Waals surface area contributed by atoms with Crippen LogP contribution >= 0.6 is 0 Å². The Balaban J connectivity index is 1.28. The molecule has 1 atom stereocenters. The molecule has 1 fully saturated rings. The van der Waals surface area contributed by atoms with Crippen molar-refractivity contribution < 1.29 is 19.1 Å². The molecule has 3 amide bonds. The molecule has 35 heavy (non-hydrogen) atoms. The zero-order valence-corrected chi connectivity index (χ0v) is 19.9. The lowest BCUT2D eigenvalue weighted by atomic mass is 10.1.